The van der Waals surface area contributed by atoms with E-state index in [1.807, 2.05) is 18.5 Å². The molecule has 2 N–H and O–H groups in total. The fourth-order valence-electron chi connectivity index (χ4n) is 5.50. The summed E-state index contributed by atoms with van der Waals surface area (Å²) in [5.74, 6) is 1.77. The smallest absolute Gasteiger partial charge is 0.212 e. The number of anilines is 1. The number of piperazine rings is 1. The molecule has 0 amide bonds. The molecule has 196 valence electrons. The van der Waals surface area contributed by atoms with Crippen molar-refractivity contribution in [3.8, 4) is 11.9 Å². The molecule has 2 saturated heterocycles. The first kappa shape index (κ1) is 24.3. The molecule has 0 aliphatic carbocycles. The maximum atomic E-state index is 10.0. The Morgan fingerprint density at radius 1 is 1.13 bits per heavy atom. The van der Waals surface area contributed by atoms with Gasteiger partial charge in [-0.15, -0.1) is 0 Å². The van der Waals surface area contributed by atoms with Crippen molar-refractivity contribution in [1.82, 2.24) is 29.7 Å². The quantitative estimate of drug-likeness (QED) is 0.512. The Kier molecular flexibility index (Phi) is 6.62. The normalized spacial score (nSPS) is 20.2. The van der Waals surface area contributed by atoms with Gasteiger partial charge in [0.05, 0.1) is 42.4 Å². The highest BCUT2D eigenvalue weighted by Gasteiger charge is 2.25. The van der Waals surface area contributed by atoms with E-state index in [2.05, 4.69) is 60.5 Å². The van der Waals surface area contributed by atoms with Gasteiger partial charge in [0, 0.05) is 70.2 Å². The largest absolute Gasteiger partial charge is 0.481 e. The number of pyridine rings is 2. The van der Waals surface area contributed by atoms with Gasteiger partial charge in [-0.25, -0.2) is 9.50 Å². The number of fused-ring (bicyclic) bond motifs is 1. The molecule has 6 heterocycles. The van der Waals surface area contributed by atoms with Crippen molar-refractivity contribution in [1.29, 1.82) is 5.26 Å². The molecule has 3 aromatic heterocycles. The van der Waals surface area contributed by atoms with Crippen LogP contribution in [0.25, 0.3) is 11.1 Å². The van der Waals surface area contributed by atoms with Crippen molar-refractivity contribution >= 4 is 16.8 Å². The summed E-state index contributed by atoms with van der Waals surface area (Å²) in [5.41, 5.74) is 5.70. The highest BCUT2D eigenvalue weighted by Crippen LogP contribution is 2.31. The number of aromatic nitrogens is 3. The van der Waals surface area contributed by atoms with Gasteiger partial charge in [0.25, 0.3) is 0 Å². The molecule has 6 rings (SSSR count). The maximum absolute atomic E-state index is 10.0. The number of rotatable bonds is 6. The minimum atomic E-state index is -0.309. The van der Waals surface area contributed by atoms with Crippen molar-refractivity contribution < 1.29 is 9.84 Å². The van der Waals surface area contributed by atoms with Gasteiger partial charge in [-0.2, -0.15) is 10.4 Å². The topological polar surface area (TPSA) is 105 Å². The van der Waals surface area contributed by atoms with Gasteiger partial charge >= 0.3 is 0 Å². The Balaban J connectivity index is 1.17. The second-order valence-electron chi connectivity index (χ2n) is 10.0. The van der Waals surface area contributed by atoms with Crippen molar-refractivity contribution in [2.45, 2.75) is 19.1 Å². The Morgan fingerprint density at radius 2 is 2.00 bits per heavy atom. The third kappa shape index (κ3) is 4.78. The van der Waals surface area contributed by atoms with E-state index in [1.54, 1.807) is 17.8 Å². The zero-order valence-electron chi connectivity index (χ0n) is 21.5. The number of β-amino-alcohol motifs (C(OH)–C–C–N with tert-alkyl or cyclic N) is 1. The van der Waals surface area contributed by atoms with Gasteiger partial charge in [-0.1, -0.05) is 12.1 Å². The average Bonchev–Trinajstić information content (AvgIpc) is 3.59. The Hall–Kier alpha value is -4.07. The lowest BCUT2D eigenvalue weighted by Gasteiger charge is -2.38. The van der Waals surface area contributed by atoms with Crippen LogP contribution in [0.3, 0.4) is 0 Å². The van der Waals surface area contributed by atoms with E-state index < -0.39 is 0 Å². The van der Waals surface area contributed by atoms with E-state index >= 15 is 0 Å². The monoisotopic (exact) mass is 512 g/mol. The number of nitrogens with one attached hydrogen (secondary N) is 1. The third-order valence-corrected chi connectivity index (χ3v) is 7.62. The van der Waals surface area contributed by atoms with Gasteiger partial charge in [-0.3, -0.25) is 4.90 Å². The number of aliphatic hydroxyl groups excluding tert-OH is 1. The third-order valence-electron chi connectivity index (χ3n) is 7.62. The summed E-state index contributed by atoms with van der Waals surface area (Å²) in [6.45, 7) is 6.82. The van der Waals surface area contributed by atoms with E-state index in [0.29, 0.717) is 24.5 Å². The summed E-state index contributed by atoms with van der Waals surface area (Å²) in [6, 6.07) is 8.41. The van der Waals surface area contributed by atoms with Crippen molar-refractivity contribution in [2.75, 3.05) is 57.8 Å². The van der Waals surface area contributed by atoms with Crippen LogP contribution in [0.4, 0.5) is 5.69 Å². The highest BCUT2D eigenvalue weighted by molar-refractivity contribution is 5.85. The molecule has 38 heavy (non-hydrogen) atoms. The minimum absolute atomic E-state index is 0.309. The number of hydrogen-bond donors (Lipinski definition) is 2. The number of hydrogen-bond acceptors (Lipinski definition) is 9. The van der Waals surface area contributed by atoms with Crippen LogP contribution in [-0.4, -0.2) is 88.5 Å². The average molecular weight is 513 g/mol. The van der Waals surface area contributed by atoms with Crippen LogP contribution >= 0.6 is 0 Å². The van der Waals surface area contributed by atoms with Gasteiger partial charge in [-0.05, 0) is 29.7 Å². The Labute approximate surface area is 222 Å². The second kappa shape index (κ2) is 10.4. The number of nitriles is 1. The molecule has 10 heteroatoms. The zero-order valence-corrected chi connectivity index (χ0v) is 21.5. The molecule has 2 fully saturated rings. The molecule has 0 spiro atoms. The Bertz CT molecular complexity index is 1410. The van der Waals surface area contributed by atoms with Crippen molar-refractivity contribution in [3.63, 3.8) is 0 Å². The molecule has 0 radical (unpaired) electrons. The van der Waals surface area contributed by atoms with Crippen LogP contribution in [-0.2, 0) is 6.54 Å². The fourth-order valence-corrected chi connectivity index (χ4v) is 5.50. The number of ether oxygens (including phenoxy) is 1. The minimum Gasteiger partial charge on any atom is -0.481 e. The molecule has 3 aliphatic rings. The lowest BCUT2D eigenvalue weighted by Crippen LogP contribution is -2.48. The standard InChI is InChI=1S/C28H32N8O2/c1-38-27-5-2-20(14-31-27)17-33-8-10-34(11-9-33)26-4-3-21(15-30-26)25-12-23(35-7-6-24(37)19-35)18-36-28(25)22(13-29)16-32-36/h2-5,12,14,16,18,24,30,37H,6-11,15,17,19H2,1H3/t24-/m0/s1. The summed E-state index contributed by atoms with van der Waals surface area (Å²) >= 11 is 0. The molecule has 0 saturated carbocycles. The molecule has 3 aromatic rings. The van der Waals surface area contributed by atoms with Gasteiger partial charge < -0.3 is 25.0 Å². The van der Waals surface area contributed by atoms with E-state index in [9.17, 15) is 10.4 Å². The number of allylic oxidation sites excluding steroid dienone is 2. The van der Waals surface area contributed by atoms with E-state index in [1.165, 1.54) is 5.56 Å². The predicted octanol–water partition coefficient (Wildman–Crippen LogP) is 1.83. The number of nitrogens with zero attached hydrogens (tertiary/aromatic N) is 7. The lowest BCUT2D eigenvalue weighted by molar-refractivity contribution is 0.147. The van der Waals surface area contributed by atoms with E-state index in [0.717, 1.165) is 73.9 Å². The van der Waals surface area contributed by atoms with Crippen molar-refractivity contribution in [2.24, 2.45) is 0 Å². The molecule has 1 atom stereocenters. The first-order valence-corrected chi connectivity index (χ1v) is 13.1. The first-order chi connectivity index (χ1) is 18.6. The summed E-state index contributed by atoms with van der Waals surface area (Å²) in [6.07, 6.45) is 10.2. The molecular formula is C28H32N8O2. The zero-order chi connectivity index (χ0) is 26.1. The molecular weight excluding hydrogens is 480 g/mol. The van der Waals surface area contributed by atoms with Crippen LogP contribution in [0, 0.1) is 11.3 Å². The van der Waals surface area contributed by atoms with Gasteiger partial charge in [0.15, 0.2) is 0 Å². The van der Waals surface area contributed by atoms with Crippen molar-refractivity contribution in [3.05, 3.63) is 71.5 Å². The van der Waals surface area contributed by atoms with Crippen LogP contribution < -0.4 is 15.0 Å². The summed E-state index contributed by atoms with van der Waals surface area (Å²) < 4.78 is 6.96. The van der Waals surface area contributed by atoms with E-state index in [-0.39, 0.29) is 6.10 Å². The first-order valence-electron chi connectivity index (χ1n) is 13.1. The second-order valence-corrected chi connectivity index (χ2v) is 10.0. The maximum Gasteiger partial charge on any atom is 0.212 e. The lowest BCUT2D eigenvalue weighted by atomic mass is 10.0. The van der Waals surface area contributed by atoms with Gasteiger partial charge in [0.2, 0.25) is 5.88 Å². The summed E-state index contributed by atoms with van der Waals surface area (Å²) in [4.78, 5) is 11.3. The van der Waals surface area contributed by atoms with E-state index in [4.69, 9.17) is 4.74 Å². The number of aliphatic hydroxyl groups is 1. The highest BCUT2D eigenvalue weighted by atomic mass is 16.5. The van der Waals surface area contributed by atoms with Crippen LogP contribution in [0.1, 0.15) is 23.1 Å². The fraction of sp³-hybridized carbons (Fsp3) is 0.393. The van der Waals surface area contributed by atoms with Gasteiger partial charge in [0.1, 0.15) is 11.9 Å². The molecule has 0 bridgehead atoms. The molecule has 0 aromatic carbocycles. The van der Waals surface area contributed by atoms with Crippen LogP contribution in [0.15, 0.2) is 54.8 Å². The predicted molar refractivity (Wildman–Crippen MR) is 144 cm³/mol. The van der Waals surface area contributed by atoms with Crippen LogP contribution in [0.5, 0.6) is 5.88 Å². The summed E-state index contributed by atoms with van der Waals surface area (Å²) in [5, 5.41) is 27.8. The molecule has 0 unspecified atom stereocenters. The molecule has 3 aliphatic heterocycles. The van der Waals surface area contributed by atoms with Crippen LogP contribution in [0.2, 0.25) is 0 Å². The SMILES string of the molecule is COc1ccc(CN2CCN(C3=CC=C(c4cc(N5CC[C@H](O)C5)cn5ncc(C#N)c45)CN3)CC2)cn1. The number of dihydropyridines is 1. The Morgan fingerprint density at radius 3 is 2.66 bits per heavy atom. The number of methoxy groups -OCH3 is 1. The summed E-state index contributed by atoms with van der Waals surface area (Å²) in [7, 11) is 1.63. The molecule has 10 nitrogen and oxygen atoms in total.